The molecule has 0 amide bonds. The molecule has 0 aromatic carbocycles. The van der Waals surface area contributed by atoms with Gasteiger partial charge in [0.25, 0.3) is 0 Å². The average Bonchev–Trinajstić information content (AvgIpc) is 3.23. The monoisotopic (exact) mass is 600 g/mol. The Hall–Kier alpha value is -3.54. The van der Waals surface area contributed by atoms with Crippen LogP contribution in [-0.2, 0) is 57.2 Å². The molecule has 0 aromatic rings. The Morgan fingerprint density at radius 3 is 2.21 bits per heavy atom. The van der Waals surface area contributed by atoms with Gasteiger partial charge in [-0.25, -0.2) is 9.59 Å². The zero-order valence-corrected chi connectivity index (χ0v) is 25.5. The van der Waals surface area contributed by atoms with Gasteiger partial charge in [-0.1, -0.05) is 19.6 Å². The van der Waals surface area contributed by atoms with E-state index in [0.717, 1.165) is 6.92 Å². The molecule has 6 fully saturated rings. The summed E-state index contributed by atoms with van der Waals surface area (Å²) in [5, 5.41) is 0. The summed E-state index contributed by atoms with van der Waals surface area (Å²) in [7, 11) is 0. The SMILES string of the molecule is C=C1[C@]2(CCC(=O)OC2(C)C)C[C@H](OC(=O)/C(C)=C/C)[C@@]2(C)[C@]34C(=O)O[C@@H](C)[C@@]35O[C@]12[C@@H](OC(C)=O)[C@@](C)(OC5=O)C4=O. The molecule has 12 nitrogen and oxygen atoms in total. The number of carbonyl (C=O) groups is 6. The second kappa shape index (κ2) is 8.13. The Kier molecular flexibility index (Phi) is 5.59. The van der Waals surface area contributed by atoms with Crippen molar-refractivity contribution in [2.24, 2.45) is 16.2 Å². The number of hydrogen-bond donors (Lipinski definition) is 0. The van der Waals surface area contributed by atoms with Crippen LogP contribution in [0.15, 0.2) is 23.8 Å². The molecule has 43 heavy (non-hydrogen) atoms. The van der Waals surface area contributed by atoms with Crippen molar-refractivity contribution in [3.8, 4) is 0 Å². The van der Waals surface area contributed by atoms with E-state index in [1.165, 1.54) is 20.8 Å². The van der Waals surface area contributed by atoms with Gasteiger partial charge in [0.2, 0.25) is 17.0 Å². The molecule has 12 heteroatoms. The minimum absolute atomic E-state index is 0.0254. The molecule has 2 saturated carbocycles. The number of fused-ring (bicyclic) bond motifs is 1. The number of ether oxygens (including phenoxy) is 6. The van der Waals surface area contributed by atoms with Crippen LogP contribution in [0.25, 0.3) is 0 Å². The van der Waals surface area contributed by atoms with Crippen molar-refractivity contribution < 1.29 is 57.2 Å². The highest BCUT2D eigenvalue weighted by atomic mass is 16.7. The number of Topliss-reactive ketones (excluding diaryl/α,β-unsaturated/α-hetero) is 1. The van der Waals surface area contributed by atoms with E-state index in [4.69, 9.17) is 28.4 Å². The Balaban J connectivity index is 1.76. The van der Waals surface area contributed by atoms with E-state index in [2.05, 4.69) is 6.58 Å². The third-order valence-corrected chi connectivity index (χ3v) is 11.6. The van der Waals surface area contributed by atoms with Gasteiger partial charge in [0.1, 0.15) is 23.4 Å². The molecule has 9 atom stereocenters. The van der Waals surface area contributed by atoms with Crippen LogP contribution in [0.5, 0.6) is 0 Å². The van der Waals surface area contributed by atoms with Crippen LogP contribution in [0.2, 0.25) is 0 Å². The highest BCUT2D eigenvalue weighted by Crippen LogP contribution is 2.82. The quantitative estimate of drug-likeness (QED) is 0.153. The van der Waals surface area contributed by atoms with Crippen molar-refractivity contribution in [1.29, 1.82) is 0 Å². The molecule has 2 aliphatic carbocycles. The summed E-state index contributed by atoms with van der Waals surface area (Å²) in [5.74, 6) is -4.95. The van der Waals surface area contributed by atoms with Gasteiger partial charge in [-0.3, -0.25) is 19.2 Å². The first-order valence-corrected chi connectivity index (χ1v) is 14.4. The predicted molar refractivity (Wildman–Crippen MR) is 143 cm³/mol. The normalized spacial score (nSPS) is 47.4. The van der Waals surface area contributed by atoms with Gasteiger partial charge in [-0.05, 0) is 60.0 Å². The number of carbonyl (C=O) groups excluding carboxylic acids is 6. The van der Waals surface area contributed by atoms with Gasteiger partial charge in [-0.15, -0.1) is 0 Å². The molecule has 0 radical (unpaired) electrons. The molecule has 3 bridgehead atoms. The Morgan fingerprint density at radius 1 is 0.977 bits per heavy atom. The first-order chi connectivity index (χ1) is 19.8. The number of ketones is 1. The van der Waals surface area contributed by atoms with Crippen molar-refractivity contribution in [2.45, 2.75) is 115 Å². The number of rotatable bonds is 3. The van der Waals surface area contributed by atoms with Crippen LogP contribution in [-0.4, -0.2) is 76.3 Å². The molecule has 0 aromatic heterocycles. The van der Waals surface area contributed by atoms with Gasteiger partial charge >= 0.3 is 29.8 Å². The molecule has 232 valence electrons. The Bertz CT molecular complexity index is 1490. The van der Waals surface area contributed by atoms with Gasteiger partial charge in [0, 0.05) is 24.3 Å². The predicted octanol–water partition coefficient (Wildman–Crippen LogP) is 2.20. The maximum Gasteiger partial charge on any atom is 0.345 e. The summed E-state index contributed by atoms with van der Waals surface area (Å²) >= 11 is 0. The largest absolute Gasteiger partial charge is 0.459 e. The summed E-state index contributed by atoms with van der Waals surface area (Å²) in [4.78, 5) is 82.1. The van der Waals surface area contributed by atoms with Gasteiger partial charge < -0.3 is 28.4 Å². The second-order valence-corrected chi connectivity index (χ2v) is 13.5. The van der Waals surface area contributed by atoms with Gasteiger partial charge in [0.15, 0.2) is 11.5 Å². The molecular weight excluding hydrogens is 564 g/mol. The van der Waals surface area contributed by atoms with Crippen LogP contribution >= 0.6 is 0 Å². The van der Waals surface area contributed by atoms with E-state index in [0.29, 0.717) is 0 Å². The summed E-state index contributed by atoms with van der Waals surface area (Å²) < 4.78 is 36.4. The smallest absolute Gasteiger partial charge is 0.345 e. The molecule has 4 aliphatic heterocycles. The lowest BCUT2D eigenvalue weighted by atomic mass is 9.35. The lowest BCUT2D eigenvalue weighted by Crippen LogP contribution is -2.85. The van der Waals surface area contributed by atoms with Crippen molar-refractivity contribution in [3.05, 3.63) is 23.8 Å². The lowest BCUT2D eigenvalue weighted by Gasteiger charge is -2.68. The number of allylic oxidation sites excluding steroid dienone is 1. The van der Waals surface area contributed by atoms with Gasteiger partial charge in [-0.2, -0.15) is 0 Å². The Morgan fingerprint density at radius 2 is 1.63 bits per heavy atom. The van der Waals surface area contributed by atoms with Gasteiger partial charge in [0.05, 0.1) is 5.41 Å². The summed E-state index contributed by atoms with van der Waals surface area (Å²) in [6.45, 7) is 16.4. The molecule has 0 N–H and O–H groups in total. The van der Waals surface area contributed by atoms with Crippen LogP contribution in [0.3, 0.4) is 0 Å². The number of esters is 5. The summed E-state index contributed by atoms with van der Waals surface area (Å²) in [6, 6.07) is 0. The minimum atomic E-state index is -2.37. The zero-order valence-electron chi connectivity index (χ0n) is 25.5. The second-order valence-electron chi connectivity index (χ2n) is 13.5. The summed E-state index contributed by atoms with van der Waals surface area (Å²) in [6.07, 6.45) is -2.66. The highest BCUT2D eigenvalue weighted by molar-refractivity contribution is 6.21. The van der Waals surface area contributed by atoms with Crippen LogP contribution in [0.1, 0.15) is 74.7 Å². The molecule has 2 spiro atoms. The molecular formula is C31H36O12. The third-order valence-electron chi connectivity index (χ3n) is 11.6. The fraction of sp³-hybridized carbons (Fsp3) is 0.677. The Labute approximate surface area is 248 Å². The first-order valence-electron chi connectivity index (χ1n) is 14.4. The van der Waals surface area contributed by atoms with Crippen molar-refractivity contribution in [2.75, 3.05) is 0 Å². The molecule has 4 heterocycles. The minimum Gasteiger partial charge on any atom is -0.459 e. The number of hydrogen-bond acceptors (Lipinski definition) is 12. The maximum absolute atomic E-state index is 14.9. The van der Waals surface area contributed by atoms with Crippen molar-refractivity contribution >= 4 is 35.6 Å². The maximum atomic E-state index is 14.9. The lowest BCUT2D eigenvalue weighted by molar-refractivity contribution is -0.274. The van der Waals surface area contributed by atoms with Crippen molar-refractivity contribution in [1.82, 2.24) is 0 Å². The number of cyclic esters (lactones) is 2. The molecule has 4 saturated heterocycles. The average molecular weight is 601 g/mol. The van der Waals surface area contributed by atoms with E-state index in [-0.39, 0.29) is 30.4 Å². The topological polar surface area (TPSA) is 158 Å². The molecule has 0 unspecified atom stereocenters. The fourth-order valence-electron chi connectivity index (χ4n) is 9.40. The van der Waals surface area contributed by atoms with E-state index >= 15 is 0 Å². The third kappa shape index (κ3) is 2.71. The zero-order chi connectivity index (χ0) is 31.9. The van der Waals surface area contributed by atoms with E-state index < -0.39 is 92.6 Å². The van der Waals surface area contributed by atoms with E-state index in [9.17, 15) is 28.8 Å². The fourth-order valence-corrected chi connectivity index (χ4v) is 9.40. The van der Waals surface area contributed by atoms with Crippen LogP contribution in [0.4, 0.5) is 0 Å². The summed E-state index contributed by atoms with van der Waals surface area (Å²) in [5.41, 5.74) is -12.8. The molecule has 6 aliphatic rings. The standard InChI is InChI=1S/C31H36O12/c1-10-14(2)20(34)40-18-13-28(12-11-19(33)41-25(28,6)7)15(3)30-22(39-17(5)32)26(8)21(35)29(27(18,30)9)23(36)38-16(4)31(29,43-30)24(37)42-26/h10,16,18,22H,3,11-13H2,1-2,4-9H3/b14-10+/t16-,18-,22-,26-,27-,28-,29-,30-,31-/m0/s1. The van der Waals surface area contributed by atoms with Crippen LogP contribution < -0.4 is 0 Å². The van der Waals surface area contributed by atoms with Crippen LogP contribution in [0, 0.1) is 16.2 Å². The first kappa shape index (κ1) is 29.5. The van der Waals surface area contributed by atoms with E-state index in [1.54, 1.807) is 33.8 Å². The molecule has 6 rings (SSSR count). The highest BCUT2D eigenvalue weighted by Gasteiger charge is 3.03. The van der Waals surface area contributed by atoms with Crippen molar-refractivity contribution in [3.63, 3.8) is 0 Å². The van der Waals surface area contributed by atoms with E-state index in [1.807, 2.05) is 0 Å².